The predicted octanol–water partition coefficient (Wildman–Crippen LogP) is 3.97. The van der Waals surface area contributed by atoms with Crippen molar-refractivity contribution in [2.75, 3.05) is 26.2 Å². The van der Waals surface area contributed by atoms with E-state index >= 15 is 0 Å². The van der Waals surface area contributed by atoms with Crippen LogP contribution in [-0.2, 0) is 16.1 Å². The molecule has 1 aliphatic rings. The average Bonchev–Trinajstić information content (AvgIpc) is 3.24. The van der Waals surface area contributed by atoms with E-state index < -0.39 is 11.7 Å². The average molecular weight is 428 g/mol. The number of ether oxygens (including phenoxy) is 1. The van der Waals surface area contributed by atoms with Gasteiger partial charge in [-0.2, -0.15) is 0 Å². The third-order valence-electron chi connectivity index (χ3n) is 5.22. The summed E-state index contributed by atoms with van der Waals surface area (Å²) in [4.78, 5) is 29.3. The van der Waals surface area contributed by atoms with E-state index in [1.165, 1.54) is 0 Å². The summed E-state index contributed by atoms with van der Waals surface area (Å²) in [6.07, 6.45) is 2.10. The molecule has 31 heavy (non-hydrogen) atoms. The van der Waals surface area contributed by atoms with Crippen molar-refractivity contribution in [3.05, 3.63) is 60.1 Å². The van der Waals surface area contributed by atoms with E-state index in [1.807, 2.05) is 68.1 Å². The highest BCUT2D eigenvalue weighted by atomic mass is 16.6. The van der Waals surface area contributed by atoms with Crippen LogP contribution >= 0.6 is 0 Å². The van der Waals surface area contributed by atoms with Crippen molar-refractivity contribution in [1.82, 2.24) is 15.1 Å². The summed E-state index contributed by atoms with van der Waals surface area (Å²) >= 11 is 0. The summed E-state index contributed by atoms with van der Waals surface area (Å²) in [5.41, 5.74) is 0.389. The second-order valence-electron chi connectivity index (χ2n) is 8.88. The molecule has 2 amide bonds. The maximum absolute atomic E-state index is 12.8. The molecule has 1 aliphatic heterocycles. The molecule has 1 aromatic heterocycles. The number of hydrogen-bond donors (Lipinski definition) is 1. The first kappa shape index (κ1) is 22.9. The Hall–Kier alpha value is -2.80. The van der Waals surface area contributed by atoms with Crippen LogP contribution in [0, 0.1) is 0 Å². The lowest BCUT2D eigenvalue weighted by Crippen LogP contribution is -2.48. The molecule has 0 aliphatic carbocycles. The van der Waals surface area contributed by atoms with Crippen molar-refractivity contribution in [3.8, 4) is 0 Å². The third kappa shape index (κ3) is 7.43. The molecule has 1 N–H and O–H groups in total. The number of carbonyl (C=O) groups is 2. The van der Waals surface area contributed by atoms with Gasteiger partial charge in [0.1, 0.15) is 11.4 Å². The van der Waals surface area contributed by atoms with E-state index in [-0.39, 0.29) is 11.9 Å². The molecule has 2 heterocycles. The summed E-state index contributed by atoms with van der Waals surface area (Å²) in [6, 6.07) is 13.3. The van der Waals surface area contributed by atoms with Gasteiger partial charge in [0.05, 0.1) is 18.8 Å². The van der Waals surface area contributed by atoms with Gasteiger partial charge in [-0.05, 0) is 44.9 Å². The monoisotopic (exact) mass is 427 g/mol. The van der Waals surface area contributed by atoms with Crippen molar-refractivity contribution >= 4 is 12.0 Å². The molecular weight excluding hydrogens is 394 g/mol. The fraction of sp³-hybridized carbons (Fsp3) is 0.500. The highest BCUT2D eigenvalue weighted by molar-refractivity contribution is 5.76. The second kappa shape index (κ2) is 10.5. The standard InChI is InChI=1S/C24H33N3O4/c1-24(2,3)31-23(29)25-21(19-8-5-4-6-9-19)11-12-22(28)27-15-13-26(14-16-27)18-20-10-7-17-30-20/h4-10,17,21H,11-16,18H2,1-3H3,(H,25,29). The molecule has 1 atom stereocenters. The van der Waals surface area contributed by atoms with E-state index in [9.17, 15) is 9.59 Å². The fourth-order valence-electron chi connectivity index (χ4n) is 3.66. The first-order valence-electron chi connectivity index (χ1n) is 10.9. The first-order chi connectivity index (χ1) is 14.8. The van der Waals surface area contributed by atoms with Gasteiger partial charge in [0.15, 0.2) is 0 Å². The van der Waals surface area contributed by atoms with Gasteiger partial charge < -0.3 is 19.4 Å². The Bertz CT molecular complexity index is 822. The highest BCUT2D eigenvalue weighted by Crippen LogP contribution is 2.21. The lowest BCUT2D eigenvalue weighted by atomic mass is 10.0. The lowest BCUT2D eigenvalue weighted by Gasteiger charge is -2.34. The topological polar surface area (TPSA) is 75.0 Å². The SMILES string of the molecule is CC(C)(C)OC(=O)NC(CCC(=O)N1CCN(Cc2ccco2)CC1)c1ccccc1. The minimum atomic E-state index is -0.573. The van der Waals surface area contributed by atoms with Gasteiger partial charge in [-0.1, -0.05) is 30.3 Å². The molecule has 2 aromatic rings. The van der Waals surface area contributed by atoms with E-state index in [2.05, 4.69) is 10.2 Å². The Labute approximate surface area is 184 Å². The molecule has 7 nitrogen and oxygen atoms in total. The zero-order valence-corrected chi connectivity index (χ0v) is 18.7. The Kier molecular flexibility index (Phi) is 7.74. The summed E-state index contributed by atoms with van der Waals surface area (Å²) in [6.45, 7) is 9.32. The Morgan fingerprint density at radius 1 is 1.06 bits per heavy atom. The zero-order valence-electron chi connectivity index (χ0n) is 18.7. The fourth-order valence-corrected chi connectivity index (χ4v) is 3.66. The maximum Gasteiger partial charge on any atom is 0.408 e. The molecule has 3 rings (SSSR count). The van der Waals surface area contributed by atoms with Crippen molar-refractivity contribution in [1.29, 1.82) is 0 Å². The molecular formula is C24H33N3O4. The quantitative estimate of drug-likeness (QED) is 0.724. The number of hydrogen-bond acceptors (Lipinski definition) is 5. The van der Waals surface area contributed by atoms with Crippen LogP contribution < -0.4 is 5.32 Å². The van der Waals surface area contributed by atoms with Crippen molar-refractivity contribution in [2.45, 2.75) is 51.8 Å². The second-order valence-corrected chi connectivity index (χ2v) is 8.88. The van der Waals surface area contributed by atoms with Gasteiger partial charge in [0.25, 0.3) is 0 Å². The van der Waals surface area contributed by atoms with Crippen molar-refractivity contribution in [2.24, 2.45) is 0 Å². The number of nitrogens with zero attached hydrogens (tertiary/aromatic N) is 2. The molecule has 0 radical (unpaired) electrons. The number of rotatable bonds is 7. The van der Waals surface area contributed by atoms with Crippen LogP contribution in [0.4, 0.5) is 4.79 Å². The third-order valence-corrected chi connectivity index (χ3v) is 5.22. The molecule has 7 heteroatoms. The zero-order chi connectivity index (χ0) is 22.3. The minimum absolute atomic E-state index is 0.115. The molecule has 0 bridgehead atoms. The van der Waals surface area contributed by atoms with Gasteiger partial charge >= 0.3 is 6.09 Å². The normalized spacial score (nSPS) is 16.0. The molecule has 1 saturated heterocycles. The van der Waals surface area contributed by atoms with Crippen LogP contribution in [0.5, 0.6) is 0 Å². The van der Waals surface area contributed by atoms with Crippen LogP contribution in [0.2, 0.25) is 0 Å². The summed E-state index contributed by atoms with van der Waals surface area (Å²) in [5.74, 6) is 1.06. The van der Waals surface area contributed by atoms with Crippen LogP contribution in [-0.4, -0.2) is 53.6 Å². The molecule has 1 unspecified atom stereocenters. The van der Waals surface area contributed by atoms with Crippen LogP contribution in [0.25, 0.3) is 0 Å². The molecule has 168 valence electrons. The number of carbonyl (C=O) groups excluding carboxylic acids is 2. The molecule has 0 saturated carbocycles. The number of furan rings is 1. The van der Waals surface area contributed by atoms with Crippen molar-refractivity contribution in [3.63, 3.8) is 0 Å². The molecule has 1 aromatic carbocycles. The Morgan fingerprint density at radius 2 is 1.77 bits per heavy atom. The number of piperazine rings is 1. The Morgan fingerprint density at radius 3 is 2.39 bits per heavy atom. The maximum atomic E-state index is 12.8. The summed E-state index contributed by atoms with van der Waals surface area (Å²) in [5, 5.41) is 2.93. The number of amides is 2. The van der Waals surface area contributed by atoms with Crippen LogP contribution in [0.3, 0.4) is 0 Å². The lowest BCUT2D eigenvalue weighted by molar-refractivity contribution is -0.133. The van der Waals surface area contributed by atoms with E-state index in [0.717, 1.165) is 31.0 Å². The van der Waals surface area contributed by atoms with Crippen LogP contribution in [0.1, 0.15) is 51.0 Å². The largest absolute Gasteiger partial charge is 0.468 e. The summed E-state index contributed by atoms with van der Waals surface area (Å²) in [7, 11) is 0. The van der Waals surface area contributed by atoms with Gasteiger partial charge in [0.2, 0.25) is 5.91 Å². The van der Waals surface area contributed by atoms with Gasteiger partial charge in [0, 0.05) is 32.6 Å². The number of alkyl carbamates (subject to hydrolysis) is 1. The van der Waals surface area contributed by atoms with E-state index in [0.29, 0.717) is 25.9 Å². The molecule has 1 fully saturated rings. The smallest absolute Gasteiger partial charge is 0.408 e. The highest BCUT2D eigenvalue weighted by Gasteiger charge is 2.24. The number of benzene rings is 1. The first-order valence-corrected chi connectivity index (χ1v) is 10.9. The molecule has 0 spiro atoms. The van der Waals surface area contributed by atoms with E-state index in [4.69, 9.17) is 9.15 Å². The number of nitrogens with one attached hydrogen (secondary N) is 1. The van der Waals surface area contributed by atoms with Gasteiger partial charge in [-0.3, -0.25) is 9.69 Å². The van der Waals surface area contributed by atoms with Gasteiger partial charge in [-0.15, -0.1) is 0 Å². The van der Waals surface area contributed by atoms with E-state index in [1.54, 1.807) is 6.26 Å². The van der Waals surface area contributed by atoms with Crippen molar-refractivity contribution < 1.29 is 18.7 Å². The predicted molar refractivity (Wildman–Crippen MR) is 118 cm³/mol. The van der Waals surface area contributed by atoms with Crippen LogP contribution in [0.15, 0.2) is 53.1 Å². The Balaban J connectivity index is 1.51. The van der Waals surface area contributed by atoms with Gasteiger partial charge in [-0.25, -0.2) is 4.79 Å². The minimum Gasteiger partial charge on any atom is -0.468 e. The summed E-state index contributed by atoms with van der Waals surface area (Å²) < 4.78 is 10.8.